The number of halogens is 1. The summed E-state index contributed by atoms with van der Waals surface area (Å²) in [6, 6.07) is 11.2. The van der Waals surface area contributed by atoms with Gasteiger partial charge in [0, 0.05) is 17.4 Å². The number of thiophene rings is 1. The minimum Gasteiger partial charge on any atom is -0.322 e. The number of rotatable bonds is 4. The van der Waals surface area contributed by atoms with Gasteiger partial charge in [-0.15, -0.1) is 11.3 Å². The van der Waals surface area contributed by atoms with Crippen molar-refractivity contribution in [2.24, 2.45) is 0 Å². The second-order valence-corrected chi connectivity index (χ2v) is 7.00. The van der Waals surface area contributed by atoms with E-state index in [1.807, 2.05) is 30.3 Å². The molecule has 3 heterocycles. The summed E-state index contributed by atoms with van der Waals surface area (Å²) >= 11 is 7.37. The summed E-state index contributed by atoms with van der Waals surface area (Å²) in [6.07, 6.45) is 5.05. The van der Waals surface area contributed by atoms with E-state index >= 15 is 0 Å². The van der Waals surface area contributed by atoms with E-state index in [4.69, 9.17) is 11.6 Å². The van der Waals surface area contributed by atoms with Crippen LogP contribution < -0.4 is 5.32 Å². The molecular weight excluding hydrogens is 358 g/mol. The van der Waals surface area contributed by atoms with Crippen molar-refractivity contribution in [1.82, 2.24) is 20.4 Å². The smallest absolute Gasteiger partial charge is 0.259 e. The summed E-state index contributed by atoms with van der Waals surface area (Å²) in [5.74, 6) is -0.238. The molecule has 3 aromatic heterocycles. The van der Waals surface area contributed by atoms with Crippen LogP contribution in [0.3, 0.4) is 0 Å². The highest BCUT2D eigenvalue weighted by molar-refractivity contribution is 7.19. The number of aromatic nitrogens is 4. The maximum atomic E-state index is 12.7. The Balaban J connectivity index is 1.59. The third kappa shape index (κ3) is 3.19. The van der Waals surface area contributed by atoms with E-state index in [-0.39, 0.29) is 5.91 Å². The molecule has 0 radical (unpaired) electrons. The van der Waals surface area contributed by atoms with Crippen LogP contribution in [0.15, 0.2) is 55.0 Å². The van der Waals surface area contributed by atoms with Gasteiger partial charge >= 0.3 is 0 Å². The van der Waals surface area contributed by atoms with E-state index in [1.165, 1.54) is 17.5 Å². The zero-order valence-corrected chi connectivity index (χ0v) is 14.4. The fourth-order valence-corrected chi connectivity index (χ4v) is 3.53. The van der Waals surface area contributed by atoms with Crippen molar-refractivity contribution >= 4 is 34.5 Å². The number of hydrogen-bond acceptors (Lipinski definition) is 4. The molecule has 124 valence electrons. The largest absolute Gasteiger partial charge is 0.322 e. The van der Waals surface area contributed by atoms with E-state index in [0.717, 1.165) is 16.0 Å². The summed E-state index contributed by atoms with van der Waals surface area (Å²) in [5.41, 5.74) is 3.73. The highest BCUT2D eigenvalue weighted by Crippen LogP contribution is 2.32. The molecular formula is C17H12ClN5OS. The van der Waals surface area contributed by atoms with Gasteiger partial charge in [-0.1, -0.05) is 23.7 Å². The molecule has 1 amide bonds. The first kappa shape index (κ1) is 15.6. The Labute approximate surface area is 151 Å². The van der Waals surface area contributed by atoms with Crippen molar-refractivity contribution < 1.29 is 4.79 Å². The van der Waals surface area contributed by atoms with Crippen molar-refractivity contribution in [3.8, 4) is 21.7 Å². The van der Waals surface area contributed by atoms with Gasteiger partial charge in [0.05, 0.1) is 32.9 Å². The Hall–Kier alpha value is -2.90. The lowest BCUT2D eigenvalue weighted by Gasteiger charge is -2.07. The number of anilines is 1. The monoisotopic (exact) mass is 369 g/mol. The maximum absolute atomic E-state index is 12.7. The van der Waals surface area contributed by atoms with Gasteiger partial charge in [0.2, 0.25) is 0 Å². The van der Waals surface area contributed by atoms with Crippen LogP contribution in [0, 0.1) is 0 Å². The van der Waals surface area contributed by atoms with Gasteiger partial charge in [0.15, 0.2) is 0 Å². The van der Waals surface area contributed by atoms with Crippen molar-refractivity contribution in [3.05, 3.63) is 64.9 Å². The predicted octanol–water partition coefficient (Wildman–Crippen LogP) is 4.43. The number of H-pyrrole nitrogens is 2. The van der Waals surface area contributed by atoms with Crippen LogP contribution in [-0.2, 0) is 0 Å². The van der Waals surface area contributed by atoms with E-state index < -0.39 is 0 Å². The Morgan fingerprint density at radius 1 is 1.12 bits per heavy atom. The topological polar surface area (TPSA) is 86.5 Å². The molecule has 0 spiro atoms. The third-order valence-corrected chi connectivity index (χ3v) is 4.90. The lowest BCUT2D eigenvalue weighted by atomic mass is 10.1. The predicted molar refractivity (Wildman–Crippen MR) is 98.9 cm³/mol. The molecule has 0 fully saturated rings. The third-order valence-electron chi connectivity index (χ3n) is 3.66. The second-order valence-electron chi connectivity index (χ2n) is 5.28. The van der Waals surface area contributed by atoms with E-state index in [2.05, 4.69) is 25.7 Å². The Morgan fingerprint density at radius 3 is 2.80 bits per heavy atom. The molecule has 0 saturated carbocycles. The fraction of sp³-hybridized carbons (Fsp3) is 0. The summed E-state index contributed by atoms with van der Waals surface area (Å²) in [4.78, 5) is 13.5. The number of nitrogens with zero attached hydrogens (tertiary/aromatic N) is 2. The number of hydrogen-bond donors (Lipinski definition) is 3. The first-order valence-corrected chi connectivity index (χ1v) is 8.60. The molecule has 0 atom stereocenters. The van der Waals surface area contributed by atoms with Crippen molar-refractivity contribution in [1.29, 1.82) is 0 Å². The number of nitrogens with one attached hydrogen (secondary N) is 3. The molecule has 3 N–H and O–H groups in total. The Morgan fingerprint density at radius 2 is 2.04 bits per heavy atom. The van der Waals surface area contributed by atoms with Gasteiger partial charge in [0.25, 0.3) is 5.91 Å². The Bertz CT molecular complexity index is 1020. The first-order valence-electron chi connectivity index (χ1n) is 7.40. The van der Waals surface area contributed by atoms with Crippen molar-refractivity contribution in [3.63, 3.8) is 0 Å². The molecule has 4 aromatic rings. The molecule has 4 rings (SSSR count). The molecule has 0 aliphatic rings. The maximum Gasteiger partial charge on any atom is 0.259 e. The number of carbonyl (C=O) groups excluding carboxylic acids is 1. The highest BCUT2D eigenvalue weighted by atomic mass is 35.5. The van der Waals surface area contributed by atoms with Crippen molar-refractivity contribution in [2.75, 3.05) is 5.32 Å². The van der Waals surface area contributed by atoms with Gasteiger partial charge < -0.3 is 5.32 Å². The van der Waals surface area contributed by atoms with Crippen LogP contribution in [0.4, 0.5) is 5.69 Å². The lowest BCUT2D eigenvalue weighted by molar-refractivity contribution is 0.102. The standard InChI is InChI=1S/C17H12ClN5OS/c18-15-5-4-14(25-15)16-13(9-21-23-16)17(24)22-12-3-1-2-10(6-12)11-7-19-20-8-11/h1-9H,(H,19,20)(H,21,23)(H,22,24). The van der Waals surface area contributed by atoms with E-state index in [0.29, 0.717) is 21.3 Å². The van der Waals surface area contributed by atoms with Gasteiger partial charge in [0.1, 0.15) is 0 Å². The molecule has 6 nitrogen and oxygen atoms in total. The van der Waals surface area contributed by atoms with Gasteiger partial charge in [-0.2, -0.15) is 10.2 Å². The SMILES string of the molecule is O=C(Nc1cccc(-c2cn[nH]c2)c1)c1cn[nH]c1-c1ccc(Cl)s1. The average molecular weight is 370 g/mol. The lowest BCUT2D eigenvalue weighted by Crippen LogP contribution is -2.12. The number of amides is 1. The minimum absolute atomic E-state index is 0.238. The molecule has 25 heavy (non-hydrogen) atoms. The molecule has 1 aromatic carbocycles. The summed E-state index contributed by atoms with van der Waals surface area (Å²) < 4.78 is 0.656. The van der Waals surface area contributed by atoms with Crippen LogP contribution in [-0.4, -0.2) is 26.3 Å². The van der Waals surface area contributed by atoms with Crippen LogP contribution in [0.5, 0.6) is 0 Å². The number of carbonyl (C=O) groups is 1. The normalized spacial score (nSPS) is 10.8. The summed E-state index contributed by atoms with van der Waals surface area (Å²) in [6.45, 7) is 0. The van der Waals surface area contributed by atoms with Gasteiger partial charge in [-0.3, -0.25) is 15.0 Å². The fourth-order valence-electron chi connectivity index (χ4n) is 2.48. The zero-order chi connectivity index (χ0) is 17.2. The number of benzene rings is 1. The molecule has 0 saturated heterocycles. The van der Waals surface area contributed by atoms with Gasteiger partial charge in [-0.05, 0) is 29.8 Å². The van der Waals surface area contributed by atoms with Crippen LogP contribution in [0.25, 0.3) is 21.7 Å². The molecule has 0 bridgehead atoms. The first-order chi connectivity index (χ1) is 12.2. The second kappa shape index (κ2) is 6.54. The molecule has 0 aliphatic carbocycles. The van der Waals surface area contributed by atoms with E-state index in [9.17, 15) is 4.79 Å². The molecule has 0 aliphatic heterocycles. The average Bonchev–Trinajstić information content (AvgIpc) is 3.36. The van der Waals surface area contributed by atoms with Crippen molar-refractivity contribution in [2.45, 2.75) is 0 Å². The van der Waals surface area contributed by atoms with Crippen LogP contribution in [0.1, 0.15) is 10.4 Å². The zero-order valence-electron chi connectivity index (χ0n) is 12.8. The molecule has 0 unspecified atom stereocenters. The summed E-state index contributed by atoms with van der Waals surface area (Å²) in [7, 11) is 0. The van der Waals surface area contributed by atoms with Crippen LogP contribution in [0.2, 0.25) is 4.34 Å². The number of aromatic amines is 2. The minimum atomic E-state index is -0.238. The summed E-state index contributed by atoms with van der Waals surface area (Å²) in [5, 5.41) is 16.5. The molecule has 8 heteroatoms. The quantitative estimate of drug-likeness (QED) is 0.497. The highest BCUT2D eigenvalue weighted by Gasteiger charge is 2.17. The Kier molecular flexibility index (Phi) is 4.09. The van der Waals surface area contributed by atoms with E-state index in [1.54, 1.807) is 18.5 Å². The van der Waals surface area contributed by atoms with Crippen LogP contribution >= 0.6 is 22.9 Å². The van der Waals surface area contributed by atoms with Gasteiger partial charge in [-0.25, -0.2) is 0 Å².